The van der Waals surface area contributed by atoms with E-state index in [9.17, 15) is 31.1 Å². The van der Waals surface area contributed by atoms with Gasteiger partial charge < -0.3 is 10.6 Å². The second kappa shape index (κ2) is 7.06. The number of carbonyl (C=O) groups is 1. The van der Waals surface area contributed by atoms with Crippen LogP contribution in [-0.4, -0.2) is 6.03 Å². The largest absolute Gasteiger partial charge is 0.416 e. The van der Waals surface area contributed by atoms with Gasteiger partial charge in [0.25, 0.3) is 0 Å². The van der Waals surface area contributed by atoms with E-state index in [1.807, 2.05) is 5.32 Å². The highest BCUT2D eigenvalue weighted by molar-refractivity contribution is 6.06. The molecule has 0 radical (unpaired) electrons. The first kappa shape index (κ1) is 19.5. The molecule has 3 nitrogen and oxygen atoms in total. The minimum absolute atomic E-state index is 0.00616. The monoisotopic (exact) mass is 398 g/mol. The zero-order valence-corrected chi connectivity index (χ0v) is 13.9. The Labute approximate surface area is 155 Å². The normalized spacial score (nSPS) is 12.1. The molecule has 0 heterocycles. The first-order valence-corrected chi connectivity index (χ1v) is 7.89. The molecule has 0 aliphatic carbocycles. The van der Waals surface area contributed by atoms with Crippen molar-refractivity contribution >= 4 is 28.2 Å². The Hall–Kier alpha value is -3.23. The van der Waals surface area contributed by atoms with Crippen LogP contribution < -0.4 is 10.6 Å². The Morgan fingerprint density at radius 1 is 0.714 bits per heavy atom. The van der Waals surface area contributed by atoms with Gasteiger partial charge in [-0.2, -0.15) is 26.3 Å². The third kappa shape index (κ3) is 4.36. The van der Waals surface area contributed by atoms with Gasteiger partial charge in [-0.1, -0.05) is 36.4 Å². The Bertz CT molecular complexity index is 989. The molecule has 0 bridgehead atoms. The summed E-state index contributed by atoms with van der Waals surface area (Å²) < 4.78 is 77.4. The van der Waals surface area contributed by atoms with E-state index in [-0.39, 0.29) is 6.07 Å². The second-order valence-electron chi connectivity index (χ2n) is 5.90. The van der Waals surface area contributed by atoms with Crippen LogP contribution in [0.4, 0.5) is 42.5 Å². The minimum Gasteiger partial charge on any atom is -0.308 e. The summed E-state index contributed by atoms with van der Waals surface area (Å²) in [6.07, 6.45) is -9.99. The zero-order chi connectivity index (χ0) is 20.5. The molecule has 9 heteroatoms. The fraction of sp³-hybridized carbons (Fsp3) is 0.105. The smallest absolute Gasteiger partial charge is 0.308 e. The molecule has 3 aromatic rings. The van der Waals surface area contributed by atoms with Crippen LogP contribution in [0, 0.1) is 0 Å². The Kier molecular flexibility index (Phi) is 4.93. The van der Waals surface area contributed by atoms with Crippen molar-refractivity contribution in [3.05, 3.63) is 71.8 Å². The number of urea groups is 1. The van der Waals surface area contributed by atoms with E-state index in [2.05, 4.69) is 5.32 Å². The lowest BCUT2D eigenvalue weighted by Crippen LogP contribution is -2.21. The zero-order valence-electron chi connectivity index (χ0n) is 13.9. The van der Waals surface area contributed by atoms with Crippen LogP contribution in [0.3, 0.4) is 0 Å². The highest BCUT2D eigenvalue weighted by Crippen LogP contribution is 2.37. The average Bonchev–Trinajstić information content (AvgIpc) is 2.60. The average molecular weight is 398 g/mol. The van der Waals surface area contributed by atoms with E-state index in [0.29, 0.717) is 23.2 Å². The van der Waals surface area contributed by atoms with Gasteiger partial charge in [-0.3, -0.25) is 0 Å². The number of hydrogen-bond donors (Lipinski definition) is 2. The van der Waals surface area contributed by atoms with Crippen LogP contribution in [0.2, 0.25) is 0 Å². The maximum absolute atomic E-state index is 12.9. The predicted octanol–water partition coefficient (Wildman–Crippen LogP) is 6.52. The van der Waals surface area contributed by atoms with Crippen LogP contribution in [0.15, 0.2) is 60.7 Å². The van der Waals surface area contributed by atoms with Crippen molar-refractivity contribution in [1.82, 2.24) is 0 Å². The molecule has 0 aliphatic rings. The third-order valence-corrected chi connectivity index (χ3v) is 3.88. The van der Waals surface area contributed by atoms with E-state index in [1.165, 1.54) is 0 Å². The molecule has 0 atom stereocenters. The number of amides is 2. The summed E-state index contributed by atoms with van der Waals surface area (Å²) in [5.41, 5.74) is -3.29. The number of fused-ring (bicyclic) bond motifs is 1. The summed E-state index contributed by atoms with van der Waals surface area (Å²) in [4.78, 5) is 12.2. The van der Waals surface area contributed by atoms with Gasteiger partial charge in [0.1, 0.15) is 0 Å². The summed E-state index contributed by atoms with van der Waals surface area (Å²) in [6, 6.07) is 12.0. The lowest BCUT2D eigenvalue weighted by molar-refractivity contribution is -0.143. The highest BCUT2D eigenvalue weighted by Gasteiger charge is 2.37. The highest BCUT2D eigenvalue weighted by atomic mass is 19.4. The van der Waals surface area contributed by atoms with E-state index in [4.69, 9.17) is 0 Å². The van der Waals surface area contributed by atoms with Gasteiger partial charge in [0, 0.05) is 11.1 Å². The van der Waals surface area contributed by atoms with Gasteiger partial charge in [-0.15, -0.1) is 0 Å². The molecule has 0 unspecified atom stereocenters. The first-order valence-electron chi connectivity index (χ1n) is 7.89. The molecule has 146 valence electrons. The maximum Gasteiger partial charge on any atom is 0.416 e. The molecule has 0 aliphatic heterocycles. The molecule has 0 saturated carbocycles. The number of anilines is 2. The van der Waals surface area contributed by atoms with Gasteiger partial charge in [0.2, 0.25) is 0 Å². The number of benzene rings is 3. The summed E-state index contributed by atoms with van der Waals surface area (Å²) in [5, 5.41) is 5.94. The van der Waals surface area contributed by atoms with Crippen LogP contribution in [0.5, 0.6) is 0 Å². The molecule has 2 amide bonds. The number of nitrogens with one attached hydrogen (secondary N) is 2. The number of carbonyl (C=O) groups excluding carboxylic acids is 1. The minimum atomic E-state index is -5.00. The van der Waals surface area contributed by atoms with Crippen molar-refractivity contribution < 1.29 is 31.1 Å². The van der Waals surface area contributed by atoms with Gasteiger partial charge in [0.15, 0.2) is 0 Å². The molecule has 2 N–H and O–H groups in total. The maximum atomic E-state index is 12.9. The van der Waals surface area contributed by atoms with Crippen LogP contribution >= 0.6 is 0 Å². The van der Waals surface area contributed by atoms with Crippen molar-refractivity contribution in [3.63, 3.8) is 0 Å². The number of hydrogen-bond acceptors (Lipinski definition) is 1. The lowest BCUT2D eigenvalue weighted by atomic mass is 10.1. The van der Waals surface area contributed by atoms with Crippen molar-refractivity contribution in [3.8, 4) is 0 Å². The van der Waals surface area contributed by atoms with E-state index in [1.54, 1.807) is 42.5 Å². The van der Waals surface area contributed by atoms with Gasteiger partial charge in [-0.05, 0) is 29.7 Å². The Balaban J connectivity index is 1.89. The fourth-order valence-electron chi connectivity index (χ4n) is 2.65. The molecule has 0 fully saturated rings. The summed E-state index contributed by atoms with van der Waals surface area (Å²) in [7, 11) is 0. The number of halogens is 6. The number of rotatable bonds is 2. The van der Waals surface area contributed by atoms with Crippen LogP contribution in [0.1, 0.15) is 11.1 Å². The summed E-state index contributed by atoms with van der Waals surface area (Å²) in [6.45, 7) is 0. The van der Waals surface area contributed by atoms with Crippen LogP contribution in [-0.2, 0) is 12.4 Å². The lowest BCUT2D eigenvalue weighted by Gasteiger charge is -2.15. The van der Waals surface area contributed by atoms with Crippen molar-refractivity contribution in [1.29, 1.82) is 0 Å². The quantitative estimate of drug-likeness (QED) is 0.474. The topological polar surface area (TPSA) is 41.1 Å². The molecule has 28 heavy (non-hydrogen) atoms. The van der Waals surface area contributed by atoms with E-state index < -0.39 is 35.2 Å². The molecular formula is C19H12F6N2O. The second-order valence-corrected chi connectivity index (χ2v) is 5.90. The molecule has 0 aromatic heterocycles. The predicted molar refractivity (Wildman–Crippen MR) is 93.0 cm³/mol. The van der Waals surface area contributed by atoms with Gasteiger partial charge in [0.05, 0.1) is 16.8 Å². The molecule has 3 rings (SSSR count). The van der Waals surface area contributed by atoms with Crippen molar-refractivity contribution in [2.75, 3.05) is 10.6 Å². The fourth-order valence-corrected chi connectivity index (χ4v) is 2.65. The van der Waals surface area contributed by atoms with E-state index in [0.717, 1.165) is 5.39 Å². The molecular weight excluding hydrogens is 386 g/mol. The van der Waals surface area contributed by atoms with Gasteiger partial charge in [-0.25, -0.2) is 4.79 Å². The van der Waals surface area contributed by atoms with Gasteiger partial charge >= 0.3 is 18.4 Å². The first-order chi connectivity index (χ1) is 13.0. The molecule has 0 spiro atoms. The third-order valence-electron chi connectivity index (χ3n) is 3.88. The number of alkyl halides is 6. The summed E-state index contributed by atoms with van der Waals surface area (Å²) >= 11 is 0. The summed E-state index contributed by atoms with van der Waals surface area (Å²) in [5.74, 6) is 0. The molecule has 0 saturated heterocycles. The van der Waals surface area contributed by atoms with E-state index >= 15 is 0 Å². The standard InChI is InChI=1S/C19H12F6N2O/c20-18(21,22)12-8-13(19(23,24)25)10-14(9-12)26-17(28)27-16-7-3-5-11-4-1-2-6-15(11)16/h1-10H,(H2,26,27,28). The van der Waals surface area contributed by atoms with Crippen molar-refractivity contribution in [2.45, 2.75) is 12.4 Å². The van der Waals surface area contributed by atoms with Crippen molar-refractivity contribution in [2.24, 2.45) is 0 Å². The Morgan fingerprint density at radius 2 is 1.29 bits per heavy atom. The van der Waals surface area contributed by atoms with Crippen LogP contribution in [0.25, 0.3) is 10.8 Å². The Morgan fingerprint density at radius 3 is 1.89 bits per heavy atom. The molecule has 3 aromatic carbocycles. The SMILES string of the molecule is O=C(Nc1cc(C(F)(F)F)cc(C(F)(F)F)c1)Nc1cccc2ccccc12.